The number of halogens is 1. The molecule has 96 valence electrons. The molecule has 0 aliphatic carbocycles. The topological polar surface area (TPSA) is 45.1 Å². The average Bonchev–Trinajstić information content (AvgIpc) is 2.41. The predicted molar refractivity (Wildman–Crippen MR) is 76.2 cm³/mol. The van der Waals surface area contributed by atoms with Gasteiger partial charge >= 0.3 is 0 Å². The molecule has 2 N–H and O–H groups in total. The third-order valence-electron chi connectivity index (χ3n) is 2.87. The van der Waals surface area contributed by atoms with Gasteiger partial charge in [-0.25, -0.2) is 0 Å². The molecule has 1 aromatic carbocycles. The number of fused-ring (bicyclic) bond motifs is 1. The van der Waals surface area contributed by atoms with Gasteiger partial charge in [0.2, 0.25) is 0 Å². The van der Waals surface area contributed by atoms with Crippen LogP contribution in [0.5, 0.6) is 0 Å². The Labute approximate surface area is 112 Å². The number of unbranched alkanes of at least 4 members (excludes halogenated alkanes) is 2. The molecule has 0 unspecified atom stereocenters. The van der Waals surface area contributed by atoms with Crippen molar-refractivity contribution >= 4 is 28.2 Å². The number of hydrogen-bond donors (Lipinski definition) is 2. The zero-order valence-electron chi connectivity index (χ0n) is 10.2. The van der Waals surface area contributed by atoms with E-state index in [2.05, 4.69) is 10.3 Å². The number of hydrogen-bond acceptors (Lipinski definition) is 3. The van der Waals surface area contributed by atoms with Crippen molar-refractivity contribution in [3.05, 3.63) is 35.5 Å². The van der Waals surface area contributed by atoms with E-state index in [0.717, 1.165) is 47.4 Å². The number of nitrogens with one attached hydrogen (secondary N) is 1. The fourth-order valence-corrected chi connectivity index (χ4v) is 2.13. The van der Waals surface area contributed by atoms with Crippen LogP contribution in [0, 0.1) is 0 Å². The summed E-state index contributed by atoms with van der Waals surface area (Å²) in [7, 11) is 0. The Hall–Kier alpha value is -1.32. The van der Waals surface area contributed by atoms with Crippen LogP contribution >= 0.6 is 11.6 Å². The second kappa shape index (κ2) is 6.57. The van der Waals surface area contributed by atoms with Crippen LogP contribution in [-0.4, -0.2) is 23.2 Å². The highest BCUT2D eigenvalue weighted by atomic mass is 35.5. The molecule has 18 heavy (non-hydrogen) atoms. The van der Waals surface area contributed by atoms with E-state index in [1.54, 1.807) is 6.20 Å². The molecule has 0 atom stereocenters. The summed E-state index contributed by atoms with van der Waals surface area (Å²) in [5.41, 5.74) is 1.92. The monoisotopic (exact) mass is 264 g/mol. The molecule has 0 spiro atoms. The first kappa shape index (κ1) is 13.1. The van der Waals surface area contributed by atoms with Gasteiger partial charge in [-0.15, -0.1) is 0 Å². The Morgan fingerprint density at radius 1 is 1.17 bits per heavy atom. The maximum absolute atomic E-state index is 8.71. The predicted octanol–water partition coefficient (Wildman–Crippen LogP) is 3.46. The van der Waals surface area contributed by atoms with Crippen LogP contribution in [0.1, 0.15) is 19.3 Å². The molecule has 4 heteroatoms. The number of anilines is 1. The van der Waals surface area contributed by atoms with E-state index in [4.69, 9.17) is 16.7 Å². The lowest BCUT2D eigenvalue weighted by Gasteiger charge is -2.09. The summed E-state index contributed by atoms with van der Waals surface area (Å²) in [6, 6.07) is 7.71. The first-order valence-corrected chi connectivity index (χ1v) is 6.58. The normalized spacial score (nSPS) is 10.8. The Bertz CT molecular complexity index is 516. The molecule has 0 amide bonds. The summed E-state index contributed by atoms with van der Waals surface area (Å²) in [6.07, 6.45) is 4.71. The molecule has 0 saturated carbocycles. The molecule has 0 radical (unpaired) electrons. The Morgan fingerprint density at radius 2 is 2.06 bits per heavy atom. The van der Waals surface area contributed by atoms with Crippen molar-refractivity contribution in [2.75, 3.05) is 18.5 Å². The van der Waals surface area contributed by atoms with Gasteiger partial charge in [-0.05, 0) is 43.5 Å². The van der Waals surface area contributed by atoms with Gasteiger partial charge in [0.25, 0.3) is 0 Å². The van der Waals surface area contributed by atoms with Crippen LogP contribution in [0.15, 0.2) is 30.5 Å². The first-order chi connectivity index (χ1) is 8.83. The number of rotatable bonds is 6. The zero-order chi connectivity index (χ0) is 12.8. The standard InChI is InChI=1S/C14H17ClN2O/c15-12-6-7-13(16-8-2-1-3-10-18)14-11(12)5-4-9-17-14/h4-7,9,16,18H,1-3,8,10H2. The van der Waals surface area contributed by atoms with Gasteiger partial charge in [0.15, 0.2) is 0 Å². The molecule has 0 aliphatic rings. The largest absolute Gasteiger partial charge is 0.396 e. The van der Waals surface area contributed by atoms with Crippen molar-refractivity contribution in [2.24, 2.45) is 0 Å². The molecule has 0 aliphatic heterocycles. The van der Waals surface area contributed by atoms with Crippen LogP contribution in [0.25, 0.3) is 10.9 Å². The molecule has 1 heterocycles. The van der Waals surface area contributed by atoms with E-state index in [9.17, 15) is 0 Å². The summed E-state index contributed by atoms with van der Waals surface area (Å²) in [5, 5.41) is 13.8. The van der Waals surface area contributed by atoms with Crippen LogP contribution in [0.3, 0.4) is 0 Å². The van der Waals surface area contributed by atoms with Crippen molar-refractivity contribution in [3.63, 3.8) is 0 Å². The minimum atomic E-state index is 0.269. The number of aromatic nitrogens is 1. The van der Waals surface area contributed by atoms with E-state index < -0.39 is 0 Å². The van der Waals surface area contributed by atoms with Crippen LogP contribution in [-0.2, 0) is 0 Å². The molecule has 0 bridgehead atoms. The zero-order valence-corrected chi connectivity index (χ0v) is 11.0. The molecular formula is C14H17ClN2O. The van der Waals surface area contributed by atoms with E-state index in [1.807, 2.05) is 24.3 Å². The molecule has 1 aromatic heterocycles. The Kier molecular flexibility index (Phi) is 4.79. The van der Waals surface area contributed by atoms with Crippen molar-refractivity contribution < 1.29 is 5.11 Å². The average molecular weight is 265 g/mol. The number of nitrogens with zero attached hydrogens (tertiary/aromatic N) is 1. The van der Waals surface area contributed by atoms with Gasteiger partial charge in [0, 0.05) is 24.7 Å². The summed E-state index contributed by atoms with van der Waals surface area (Å²) in [6.45, 7) is 1.15. The molecule has 0 saturated heterocycles. The maximum atomic E-state index is 8.71. The maximum Gasteiger partial charge on any atom is 0.0948 e. The molecule has 2 rings (SSSR count). The SMILES string of the molecule is OCCCCCNc1ccc(Cl)c2cccnc12. The third-order valence-corrected chi connectivity index (χ3v) is 3.20. The van der Waals surface area contributed by atoms with Crippen molar-refractivity contribution in [1.82, 2.24) is 4.98 Å². The van der Waals surface area contributed by atoms with E-state index in [-0.39, 0.29) is 6.61 Å². The lowest BCUT2D eigenvalue weighted by molar-refractivity contribution is 0.283. The fourth-order valence-electron chi connectivity index (χ4n) is 1.92. The number of benzene rings is 1. The van der Waals surface area contributed by atoms with Gasteiger partial charge in [-0.3, -0.25) is 4.98 Å². The number of pyridine rings is 1. The van der Waals surface area contributed by atoms with E-state index >= 15 is 0 Å². The Morgan fingerprint density at radius 3 is 2.89 bits per heavy atom. The highest BCUT2D eigenvalue weighted by molar-refractivity contribution is 6.35. The Balaban J connectivity index is 2.07. The van der Waals surface area contributed by atoms with Crippen molar-refractivity contribution in [1.29, 1.82) is 0 Å². The number of aliphatic hydroxyl groups is 1. The molecule has 2 aromatic rings. The lowest BCUT2D eigenvalue weighted by Crippen LogP contribution is -2.03. The molecule has 3 nitrogen and oxygen atoms in total. The second-order valence-electron chi connectivity index (χ2n) is 4.21. The number of aliphatic hydroxyl groups excluding tert-OH is 1. The first-order valence-electron chi connectivity index (χ1n) is 6.21. The molecule has 0 fully saturated rings. The lowest BCUT2D eigenvalue weighted by atomic mass is 10.2. The van der Waals surface area contributed by atoms with Gasteiger partial charge in [0.05, 0.1) is 16.2 Å². The summed E-state index contributed by atoms with van der Waals surface area (Å²) < 4.78 is 0. The highest BCUT2D eigenvalue weighted by Crippen LogP contribution is 2.27. The minimum Gasteiger partial charge on any atom is -0.396 e. The summed E-state index contributed by atoms with van der Waals surface area (Å²) >= 11 is 6.14. The second-order valence-corrected chi connectivity index (χ2v) is 4.61. The van der Waals surface area contributed by atoms with Gasteiger partial charge in [-0.1, -0.05) is 11.6 Å². The fraction of sp³-hybridized carbons (Fsp3) is 0.357. The van der Waals surface area contributed by atoms with Crippen LogP contribution < -0.4 is 5.32 Å². The minimum absolute atomic E-state index is 0.269. The van der Waals surface area contributed by atoms with Gasteiger partial charge in [-0.2, -0.15) is 0 Å². The quantitative estimate of drug-likeness (QED) is 0.786. The van der Waals surface area contributed by atoms with E-state index in [0.29, 0.717) is 0 Å². The van der Waals surface area contributed by atoms with Gasteiger partial charge in [0.1, 0.15) is 0 Å². The smallest absolute Gasteiger partial charge is 0.0948 e. The van der Waals surface area contributed by atoms with Crippen molar-refractivity contribution in [2.45, 2.75) is 19.3 Å². The van der Waals surface area contributed by atoms with Crippen LogP contribution in [0.2, 0.25) is 5.02 Å². The summed E-state index contributed by atoms with van der Waals surface area (Å²) in [5.74, 6) is 0. The van der Waals surface area contributed by atoms with E-state index in [1.165, 1.54) is 0 Å². The highest BCUT2D eigenvalue weighted by Gasteiger charge is 2.04. The van der Waals surface area contributed by atoms with Crippen molar-refractivity contribution in [3.8, 4) is 0 Å². The van der Waals surface area contributed by atoms with Gasteiger partial charge < -0.3 is 10.4 Å². The third kappa shape index (κ3) is 3.12. The summed E-state index contributed by atoms with van der Waals surface area (Å²) in [4.78, 5) is 4.37. The molecular weight excluding hydrogens is 248 g/mol. The van der Waals surface area contributed by atoms with Crippen LogP contribution in [0.4, 0.5) is 5.69 Å².